The van der Waals surface area contributed by atoms with Crippen molar-refractivity contribution in [3.05, 3.63) is 77.4 Å². The van der Waals surface area contributed by atoms with Crippen LogP contribution in [0.2, 0.25) is 0 Å². The number of rotatable bonds is 11. The van der Waals surface area contributed by atoms with E-state index < -0.39 is 41.4 Å². The predicted octanol–water partition coefficient (Wildman–Crippen LogP) is 5.07. The van der Waals surface area contributed by atoms with E-state index >= 15 is 4.39 Å². The summed E-state index contributed by atoms with van der Waals surface area (Å²) in [5.74, 6) is -0.796. The fourth-order valence-electron chi connectivity index (χ4n) is 8.53. The van der Waals surface area contributed by atoms with Gasteiger partial charge in [-0.1, -0.05) is 30.3 Å². The number of carbonyl (C=O) groups is 4. The van der Waals surface area contributed by atoms with Gasteiger partial charge in [-0.3, -0.25) is 19.1 Å². The smallest absolute Gasteiger partial charge is 0.410 e. The van der Waals surface area contributed by atoms with Gasteiger partial charge in [0.05, 0.1) is 18.3 Å². The molecule has 5 aliphatic rings. The SMILES string of the molecule is CCn1nccc1C(=O)N[C@H](C(=O)Nc1cc2c(cc1F)C(N1CCOCC1=O)CC1(CCN(C(=O)OCc3ccccc3)CC1)O2)C(C1CC1)C1CC1. The Morgan fingerprint density at radius 1 is 1.04 bits per heavy atom. The lowest BCUT2D eigenvalue weighted by atomic mass is 9.79. The monoisotopic (exact) mass is 742 g/mol. The van der Waals surface area contributed by atoms with E-state index in [-0.39, 0.29) is 30.7 Å². The van der Waals surface area contributed by atoms with Gasteiger partial charge in [-0.2, -0.15) is 5.10 Å². The van der Waals surface area contributed by atoms with Gasteiger partial charge in [-0.15, -0.1) is 0 Å². The normalized spacial score (nSPS) is 21.3. The van der Waals surface area contributed by atoms with Crippen LogP contribution >= 0.6 is 0 Å². The van der Waals surface area contributed by atoms with E-state index in [1.54, 1.807) is 26.7 Å². The molecule has 1 unspecified atom stereocenters. The Labute approximate surface area is 313 Å². The van der Waals surface area contributed by atoms with E-state index in [0.29, 0.717) is 80.9 Å². The molecule has 1 spiro atoms. The third-order valence-electron chi connectivity index (χ3n) is 11.7. The number of carbonyl (C=O) groups excluding carboxylic acids is 4. The molecule has 13 nitrogen and oxygen atoms in total. The minimum Gasteiger partial charge on any atom is -0.487 e. The number of hydrogen-bond acceptors (Lipinski definition) is 8. The zero-order valence-corrected chi connectivity index (χ0v) is 30.5. The molecule has 2 N–H and O–H groups in total. The molecule has 286 valence electrons. The number of amides is 4. The van der Waals surface area contributed by atoms with Crippen molar-refractivity contribution in [1.29, 1.82) is 0 Å². The number of morpholine rings is 1. The predicted molar refractivity (Wildman–Crippen MR) is 194 cm³/mol. The number of hydrogen-bond donors (Lipinski definition) is 2. The van der Waals surface area contributed by atoms with Gasteiger partial charge < -0.3 is 34.6 Å². The van der Waals surface area contributed by atoms with Crippen LogP contribution in [0.4, 0.5) is 14.9 Å². The number of fused-ring (bicyclic) bond motifs is 1. The molecule has 2 saturated carbocycles. The van der Waals surface area contributed by atoms with Crippen LogP contribution in [0.15, 0.2) is 54.7 Å². The first kappa shape index (κ1) is 36.0. The number of nitrogens with one attached hydrogen (secondary N) is 2. The summed E-state index contributed by atoms with van der Waals surface area (Å²) in [4.78, 5) is 57.3. The van der Waals surface area contributed by atoms with Gasteiger partial charge in [-0.05, 0) is 68.1 Å². The molecule has 14 heteroatoms. The van der Waals surface area contributed by atoms with Crippen molar-refractivity contribution >= 4 is 29.5 Å². The zero-order chi connectivity index (χ0) is 37.4. The maximum Gasteiger partial charge on any atom is 0.410 e. The molecular formula is C40H47FN6O7. The van der Waals surface area contributed by atoms with Crippen molar-refractivity contribution < 1.29 is 37.8 Å². The molecule has 4 heterocycles. The molecule has 54 heavy (non-hydrogen) atoms. The van der Waals surface area contributed by atoms with Crippen LogP contribution in [0.1, 0.15) is 79.5 Å². The van der Waals surface area contributed by atoms with Gasteiger partial charge in [0.2, 0.25) is 11.8 Å². The lowest BCUT2D eigenvalue weighted by Crippen LogP contribution is -2.55. The third-order valence-corrected chi connectivity index (χ3v) is 11.7. The van der Waals surface area contributed by atoms with Crippen LogP contribution in [0.3, 0.4) is 0 Å². The fraction of sp³-hybridized carbons (Fsp3) is 0.525. The minimum absolute atomic E-state index is 0.0616. The minimum atomic E-state index is -0.870. The van der Waals surface area contributed by atoms with Crippen LogP contribution in [-0.2, 0) is 32.2 Å². The molecular weight excluding hydrogens is 695 g/mol. The second kappa shape index (κ2) is 15.0. The van der Waals surface area contributed by atoms with E-state index in [2.05, 4.69) is 15.7 Å². The molecule has 2 aliphatic carbocycles. The van der Waals surface area contributed by atoms with Crippen molar-refractivity contribution in [2.75, 3.05) is 38.2 Å². The number of aromatic nitrogens is 2. The Bertz CT molecular complexity index is 1880. The second-order valence-corrected chi connectivity index (χ2v) is 15.3. The first-order valence-electron chi connectivity index (χ1n) is 19.2. The molecule has 3 aromatic rings. The fourth-order valence-corrected chi connectivity index (χ4v) is 8.53. The van der Waals surface area contributed by atoms with Gasteiger partial charge in [0, 0.05) is 63.3 Å². The largest absolute Gasteiger partial charge is 0.487 e. The molecule has 0 bridgehead atoms. The Kier molecular flexibility index (Phi) is 10.0. The Morgan fingerprint density at radius 3 is 2.46 bits per heavy atom. The molecule has 0 radical (unpaired) electrons. The summed E-state index contributed by atoms with van der Waals surface area (Å²) < 4.78 is 35.5. The van der Waals surface area contributed by atoms with Crippen LogP contribution in [-0.4, -0.2) is 87.9 Å². The number of nitrogens with zero attached hydrogens (tertiary/aromatic N) is 4. The Hall–Kier alpha value is -4.98. The second-order valence-electron chi connectivity index (χ2n) is 15.3. The highest BCUT2D eigenvalue weighted by Gasteiger charge is 2.50. The van der Waals surface area contributed by atoms with Crippen molar-refractivity contribution in [2.24, 2.45) is 17.8 Å². The average Bonchev–Trinajstić information content (AvgIpc) is 4.14. The summed E-state index contributed by atoms with van der Waals surface area (Å²) >= 11 is 0. The molecule has 4 amide bonds. The van der Waals surface area contributed by atoms with Crippen molar-refractivity contribution in [3.63, 3.8) is 0 Å². The van der Waals surface area contributed by atoms with E-state index in [1.807, 2.05) is 37.3 Å². The van der Waals surface area contributed by atoms with Gasteiger partial charge in [0.25, 0.3) is 5.91 Å². The third kappa shape index (κ3) is 7.53. The summed E-state index contributed by atoms with van der Waals surface area (Å²) in [6, 6.07) is 12.6. The van der Waals surface area contributed by atoms with Crippen LogP contribution in [0, 0.1) is 23.6 Å². The maximum absolute atomic E-state index is 16.2. The first-order valence-corrected chi connectivity index (χ1v) is 19.2. The molecule has 2 atom stereocenters. The van der Waals surface area contributed by atoms with Crippen LogP contribution in [0.25, 0.3) is 0 Å². The van der Waals surface area contributed by atoms with Crippen LogP contribution in [0.5, 0.6) is 5.75 Å². The first-order chi connectivity index (χ1) is 26.2. The number of benzene rings is 2. The number of halogens is 1. The van der Waals surface area contributed by atoms with Crippen molar-refractivity contribution in [1.82, 2.24) is 24.9 Å². The number of ether oxygens (including phenoxy) is 3. The Morgan fingerprint density at radius 2 is 1.78 bits per heavy atom. The topological polar surface area (TPSA) is 144 Å². The van der Waals surface area contributed by atoms with E-state index in [1.165, 1.54) is 12.1 Å². The molecule has 8 rings (SSSR count). The molecule has 1 aromatic heterocycles. The van der Waals surface area contributed by atoms with Crippen molar-refractivity contribution in [3.8, 4) is 5.75 Å². The maximum atomic E-state index is 16.2. The highest BCUT2D eigenvalue weighted by Crippen LogP contribution is 2.51. The lowest BCUT2D eigenvalue weighted by Gasteiger charge is -2.49. The number of piperidine rings is 1. The number of anilines is 1. The molecule has 4 fully saturated rings. The van der Waals surface area contributed by atoms with Gasteiger partial charge >= 0.3 is 6.09 Å². The summed E-state index contributed by atoms with van der Waals surface area (Å²) in [7, 11) is 0. The van der Waals surface area contributed by atoms with E-state index in [4.69, 9.17) is 14.2 Å². The molecule has 2 aromatic carbocycles. The van der Waals surface area contributed by atoms with Gasteiger partial charge in [0.15, 0.2) is 0 Å². The summed E-state index contributed by atoms with van der Waals surface area (Å²) in [6.07, 6.45) is 6.44. The highest BCUT2D eigenvalue weighted by atomic mass is 19.1. The summed E-state index contributed by atoms with van der Waals surface area (Å²) in [5, 5.41) is 10.1. The lowest BCUT2D eigenvalue weighted by molar-refractivity contribution is -0.149. The summed E-state index contributed by atoms with van der Waals surface area (Å²) in [6.45, 7) is 3.95. The number of likely N-dealkylation sites (tertiary alicyclic amines) is 1. The van der Waals surface area contributed by atoms with Gasteiger partial charge in [0.1, 0.15) is 42.1 Å². The highest BCUT2D eigenvalue weighted by molar-refractivity contribution is 6.01. The molecule has 3 aliphatic heterocycles. The number of aryl methyl sites for hydroxylation is 1. The Balaban J connectivity index is 1.04. The average molecular weight is 743 g/mol. The van der Waals surface area contributed by atoms with E-state index in [9.17, 15) is 19.2 Å². The molecule has 2 saturated heterocycles. The summed E-state index contributed by atoms with van der Waals surface area (Å²) in [5.41, 5.74) is 0.954. The zero-order valence-electron chi connectivity index (χ0n) is 30.5. The van der Waals surface area contributed by atoms with Gasteiger partial charge in [-0.25, -0.2) is 9.18 Å². The van der Waals surface area contributed by atoms with Crippen molar-refractivity contribution in [2.45, 2.75) is 82.7 Å². The van der Waals surface area contributed by atoms with Crippen LogP contribution < -0.4 is 15.4 Å². The van der Waals surface area contributed by atoms with E-state index in [0.717, 1.165) is 31.2 Å². The quantitative estimate of drug-likeness (QED) is 0.277. The standard InChI is InChI=1S/C40H47FN6O7/c1-2-47-31(12-15-42-47)37(49)44-36(35(26-8-9-26)27-10-11-27)38(50)43-30-21-33-28(20-29(30)41)32(46-18-19-52-24-34(46)48)22-40(54-33)13-16-45(17-14-40)39(51)53-23-25-6-4-3-5-7-25/h3-7,12,15,20-21,26-27,32,35-36H,2,8-11,13-14,16-19,22-24H2,1H3,(H,43,50)(H,44,49)/t32?,36-/m0/s1.